The predicted molar refractivity (Wildman–Crippen MR) is 109 cm³/mol. The van der Waals surface area contributed by atoms with E-state index in [0.717, 1.165) is 19.3 Å². The van der Waals surface area contributed by atoms with Crippen molar-refractivity contribution < 1.29 is 24.8 Å². The summed E-state index contributed by atoms with van der Waals surface area (Å²) in [6.45, 7) is 2.66. The van der Waals surface area contributed by atoms with Gasteiger partial charge in [-0.25, -0.2) is 0 Å². The Kier molecular flexibility index (Phi) is 15.0. The maximum absolute atomic E-state index is 9.81. The van der Waals surface area contributed by atoms with Gasteiger partial charge in [0.15, 0.2) is 0 Å². The molecule has 27 heavy (non-hydrogen) atoms. The lowest BCUT2D eigenvalue weighted by Crippen LogP contribution is -2.42. The van der Waals surface area contributed by atoms with E-state index in [9.17, 15) is 15.3 Å². The lowest BCUT2D eigenvalue weighted by molar-refractivity contribution is -0.101. The van der Waals surface area contributed by atoms with Crippen LogP contribution in [0.25, 0.3) is 0 Å². The zero-order chi connectivity index (χ0) is 19.7. The third-order valence-electron chi connectivity index (χ3n) is 5.22. The highest BCUT2D eigenvalue weighted by molar-refractivity contribution is 4.88. The average molecular weight is 387 g/mol. The molecule has 4 atom stereocenters. The number of hydrogen-bond donors (Lipinski definition) is 3. The van der Waals surface area contributed by atoms with Gasteiger partial charge < -0.3 is 24.8 Å². The topological polar surface area (TPSA) is 79.2 Å². The van der Waals surface area contributed by atoms with Crippen LogP contribution in [0, 0.1) is 0 Å². The van der Waals surface area contributed by atoms with Crippen LogP contribution in [0.2, 0.25) is 0 Å². The van der Waals surface area contributed by atoms with Gasteiger partial charge in [-0.05, 0) is 32.1 Å². The Labute approximate surface area is 165 Å². The summed E-state index contributed by atoms with van der Waals surface area (Å²) in [6, 6.07) is 0. The van der Waals surface area contributed by atoms with Gasteiger partial charge in [0.1, 0.15) is 24.4 Å². The van der Waals surface area contributed by atoms with Crippen molar-refractivity contribution in [1.29, 1.82) is 0 Å². The monoisotopic (exact) mass is 386 g/mol. The van der Waals surface area contributed by atoms with Crippen molar-refractivity contribution in [2.75, 3.05) is 19.8 Å². The SMILES string of the molecule is CCCCCCCCCC/C=C/CCCCO[C@@H](CO)[C@@H]1OC[C@@H](O)[C@@H]1O. The second kappa shape index (κ2) is 16.5. The van der Waals surface area contributed by atoms with E-state index in [1.807, 2.05) is 0 Å². The normalized spacial score (nSPS) is 24.1. The molecule has 1 heterocycles. The Morgan fingerprint density at radius 1 is 0.926 bits per heavy atom. The molecule has 1 saturated heterocycles. The van der Waals surface area contributed by atoms with E-state index in [2.05, 4.69) is 19.1 Å². The predicted octanol–water partition coefficient (Wildman–Crippen LogP) is 3.74. The number of aliphatic hydroxyl groups is 3. The van der Waals surface area contributed by atoms with Crippen molar-refractivity contribution in [3.63, 3.8) is 0 Å². The second-order valence-corrected chi connectivity index (χ2v) is 7.68. The average Bonchev–Trinajstić information content (AvgIpc) is 3.00. The number of allylic oxidation sites excluding steroid dienone is 2. The van der Waals surface area contributed by atoms with Gasteiger partial charge in [-0.3, -0.25) is 0 Å². The number of rotatable bonds is 17. The minimum Gasteiger partial charge on any atom is -0.394 e. The maximum atomic E-state index is 9.81. The highest BCUT2D eigenvalue weighted by atomic mass is 16.6. The molecular weight excluding hydrogens is 344 g/mol. The second-order valence-electron chi connectivity index (χ2n) is 7.68. The van der Waals surface area contributed by atoms with Crippen LogP contribution in [0.1, 0.15) is 84.0 Å². The molecule has 0 bridgehead atoms. The van der Waals surface area contributed by atoms with Gasteiger partial charge in [0.25, 0.3) is 0 Å². The minimum absolute atomic E-state index is 0.0926. The molecule has 0 radical (unpaired) electrons. The van der Waals surface area contributed by atoms with Crippen molar-refractivity contribution >= 4 is 0 Å². The van der Waals surface area contributed by atoms with Crippen molar-refractivity contribution in [2.24, 2.45) is 0 Å². The van der Waals surface area contributed by atoms with E-state index < -0.39 is 24.4 Å². The zero-order valence-electron chi connectivity index (χ0n) is 17.2. The molecule has 0 spiro atoms. The van der Waals surface area contributed by atoms with Gasteiger partial charge in [-0.15, -0.1) is 0 Å². The molecule has 0 aromatic rings. The Hall–Kier alpha value is -0.460. The van der Waals surface area contributed by atoms with Crippen molar-refractivity contribution in [3.8, 4) is 0 Å². The molecule has 0 aromatic heterocycles. The van der Waals surface area contributed by atoms with Crippen LogP contribution < -0.4 is 0 Å². The standard InChI is InChI=1S/C22H42O5/c1-2-3-4-5-6-7-8-9-10-11-12-13-14-15-16-26-20(17-23)22-21(25)19(24)18-27-22/h11-12,19-25H,2-10,13-18H2,1H3/b12-11+/t19-,20+,21+,22+/m1/s1. The molecule has 0 saturated carbocycles. The summed E-state index contributed by atoms with van der Waals surface area (Å²) in [5.74, 6) is 0. The molecule has 1 aliphatic heterocycles. The minimum atomic E-state index is -0.985. The van der Waals surface area contributed by atoms with Gasteiger partial charge in [0.2, 0.25) is 0 Å². The first-order valence-corrected chi connectivity index (χ1v) is 11.1. The van der Waals surface area contributed by atoms with E-state index in [0.29, 0.717) is 6.61 Å². The molecule has 0 aromatic carbocycles. The summed E-state index contributed by atoms with van der Waals surface area (Å²) in [6.07, 6.45) is 16.5. The lowest BCUT2D eigenvalue weighted by atomic mass is 10.1. The molecule has 1 rings (SSSR count). The number of hydrogen-bond acceptors (Lipinski definition) is 5. The van der Waals surface area contributed by atoms with E-state index >= 15 is 0 Å². The smallest absolute Gasteiger partial charge is 0.114 e. The Bertz CT molecular complexity index is 361. The Morgan fingerprint density at radius 2 is 1.52 bits per heavy atom. The molecule has 5 nitrogen and oxygen atoms in total. The maximum Gasteiger partial charge on any atom is 0.114 e. The molecule has 0 aliphatic carbocycles. The van der Waals surface area contributed by atoms with Gasteiger partial charge in [-0.1, -0.05) is 64.0 Å². The fraction of sp³-hybridized carbons (Fsp3) is 0.909. The quantitative estimate of drug-likeness (QED) is 0.262. The van der Waals surface area contributed by atoms with Crippen LogP contribution in [-0.2, 0) is 9.47 Å². The Morgan fingerprint density at radius 3 is 2.07 bits per heavy atom. The Balaban J connectivity index is 1.91. The van der Waals surface area contributed by atoms with Crippen molar-refractivity contribution in [3.05, 3.63) is 12.2 Å². The summed E-state index contributed by atoms with van der Waals surface area (Å²) in [7, 11) is 0. The van der Waals surface area contributed by atoms with Crippen LogP contribution in [-0.4, -0.2) is 59.6 Å². The molecule has 160 valence electrons. The van der Waals surface area contributed by atoms with Gasteiger partial charge in [0, 0.05) is 6.61 Å². The molecule has 3 N–H and O–H groups in total. The third kappa shape index (κ3) is 11.2. The first-order valence-electron chi connectivity index (χ1n) is 11.1. The van der Waals surface area contributed by atoms with Gasteiger partial charge >= 0.3 is 0 Å². The van der Waals surface area contributed by atoms with E-state index in [-0.39, 0.29) is 13.2 Å². The number of ether oxygens (including phenoxy) is 2. The highest BCUT2D eigenvalue weighted by Crippen LogP contribution is 2.19. The molecule has 5 heteroatoms. The summed E-state index contributed by atoms with van der Waals surface area (Å²) in [5, 5.41) is 28.7. The van der Waals surface area contributed by atoms with Crippen LogP contribution in [0.15, 0.2) is 12.2 Å². The summed E-state index contributed by atoms with van der Waals surface area (Å²) in [5.41, 5.74) is 0. The summed E-state index contributed by atoms with van der Waals surface area (Å²) < 4.78 is 10.9. The molecular formula is C22H42O5. The van der Waals surface area contributed by atoms with Crippen LogP contribution in [0.3, 0.4) is 0 Å². The fourth-order valence-corrected chi connectivity index (χ4v) is 3.44. The summed E-state index contributed by atoms with van der Waals surface area (Å²) in [4.78, 5) is 0. The lowest BCUT2D eigenvalue weighted by Gasteiger charge is -2.24. The number of unbranched alkanes of at least 4 members (excludes halogenated alkanes) is 10. The van der Waals surface area contributed by atoms with Crippen molar-refractivity contribution in [2.45, 2.75) is 108 Å². The summed E-state index contributed by atoms with van der Waals surface area (Å²) >= 11 is 0. The molecule has 1 aliphatic rings. The van der Waals surface area contributed by atoms with E-state index in [4.69, 9.17) is 9.47 Å². The van der Waals surface area contributed by atoms with Crippen LogP contribution in [0.5, 0.6) is 0 Å². The highest BCUT2D eigenvalue weighted by Gasteiger charge is 2.40. The van der Waals surface area contributed by atoms with E-state index in [1.165, 1.54) is 57.8 Å². The third-order valence-corrected chi connectivity index (χ3v) is 5.22. The van der Waals surface area contributed by atoms with Gasteiger partial charge in [0.05, 0.1) is 13.2 Å². The molecule has 0 unspecified atom stereocenters. The molecule has 1 fully saturated rings. The van der Waals surface area contributed by atoms with Crippen LogP contribution in [0.4, 0.5) is 0 Å². The first-order chi connectivity index (χ1) is 13.2. The first kappa shape index (κ1) is 24.6. The van der Waals surface area contributed by atoms with E-state index in [1.54, 1.807) is 0 Å². The van der Waals surface area contributed by atoms with Crippen molar-refractivity contribution in [1.82, 2.24) is 0 Å². The van der Waals surface area contributed by atoms with Gasteiger partial charge in [-0.2, -0.15) is 0 Å². The molecule has 0 amide bonds. The largest absolute Gasteiger partial charge is 0.394 e. The number of aliphatic hydroxyl groups excluding tert-OH is 3. The fourth-order valence-electron chi connectivity index (χ4n) is 3.44. The van der Waals surface area contributed by atoms with Crippen LogP contribution >= 0.6 is 0 Å². The zero-order valence-corrected chi connectivity index (χ0v) is 17.2.